The van der Waals surface area contributed by atoms with Crippen molar-refractivity contribution >= 4 is 0 Å². The van der Waals surface area contributed by atoms with Gasteiger partial charge in [0, 0.05) is 12.6 Å². The van der Waals surface area contributed by atoms with Crippen LogP contribution in [0.4, 0.5) is 0 Å². The first-order valence-corrected chi connectivity index (χ1v) is 7.88. The van der Waals surface area contributed by atoms with E-state index in [-0.39, 0.29) is 5.60 Å². The molecule has 0 saturated carbocycles. The topological polar surface area (TPSA) is 39.7 Å². The van der Waals surface area contributed by atoms with Gasteiger partial charge >= 0.3 is 0 Å². The van der Waals surface area contributed by atoms with Gasteiger partial charge in [0.25, 0.3) is 0 Å². The Morgan fingerprint density at radius 3 is 2.76 bits per heavy atom. The van der Waals surface area contributed by atoms with Crippen LogP contribution in [0.25, 0.3) is 0 Å². The fourth-order valence-corrected chi connectivity index (χ4v) is 3.07. The fraction of sp³-hybridized carbons (Fsp3) is 0.647. The standard InChI is InChI=1S/C17H25NO3/c1-17(2)12-14(6-8-21-17)18-7-5-13-3-4-15-16(11-13)20-10-9-19-15/h3-4,11,14,18H,5-10,12H2,1-2H3. The van der Waals surface area contributed by atoms with Crippen LogP contribution in [-0.2, 0) is 11.2 Å². The first-order chi connectivity index (χ1) is 10.1. The van der Waals surface area contributed by atoms with Crippen LogP contribution in [0.3, 0.4) is 0 Å². The Balaban J connectivity index is 1.49. The summed E-state index contributed by atoms with van der Waals surface area (Å²) in [7, 11) is 0. The molecular weight excluding hydrogens is 266 g/mol. The molecule has 116 valence electrons. The predicted molar refractivity (Wildman–Crippen MR) is 82.2 cm³/mol. The van der Waals surface area contributed by atoms with Crippen molar-refractivity contribution in [2.24, 2.45) is 0 Å². The lowest BCUT2D eigenvalue weighted by Gasteiger charge is -2.36. The van der Waals surface area contributed by atoms with E-state index in [4.69, 9.17) is 14.2 Å². The van der Waals surface area contributed by atoms with E-state index >= 15 is 0 Å². The van der Waals surface area contributed by atoms with Gasteiger partial charge < -0.3 is 19.5 Å². The first kappa shape index (κ1) is 14.7. The molecule has 21 heavy (non-hydrogen) atoms. The molecule has 0 radical (unpaired) electrons. The summed E-state index contributed by atoms with van der Waals surface area (Å²) >= 11 is 0. The number of benzene rings is 1. The Kier molecular flexibility index (Phi) is 4.36. The zero-order valence-corrected chi connectivity index (χ0v) is 13.0. The monoisotopic (exact) mass is 291 g/mol. The van der Waals surface area contributed by atoms with Crippen molar-refractivity contribution in [2.75, 3.05) is 26.4 Å². The van der Waals surface area contributed by atoms with Crippen molar-refractivity contribution in [3.8, 4) is 11.5 Å². The smallest absolute Gasteiger partial charge is 0.161 e. The molecule has 0 aliphatic carbocycles. The highest BCUT2D eigenvalue weighted by atomic mass is 16.6. The van der Waals surface area contributed by atoms with E-state index in [9.17, 15) is 0 Å². The average molecular weight is 291 g/mol. The van der Waals surface area contributed by atoms with Crippen molar-refractivity contribution < 1.29 is 14.2 Å². The third-order valence-electron chi connectivity index (χ3n) is 4.15. The molecular formula is C17H25NO3. The molecule has 1 unspecified atom stereocenters. The molecule has 1 saturated heterocycles. The Labute approximate surface area is 126 Å². The van der Waals surface area contributed by atoms with Gasteiger partial charge in [-0.25, -0.2) is 0 Å². The molecule has 1 atom stereocenters. The lowest BCUT2D eigenvalue weighted by molar-refractivity contribution is -0.0627. The number of fused-ring (bicyclic) bond motifs is 1. The second kappa shape index (κ2) is 6.24. The molecule has 1 aromatic rings. The third kappa shape index (κ3) is 3.89. The van der Waals surface area contributed by atoms with Crippen LogP contribution >= 0.6 is 0 Å². The highest BCUT2D eigenvalue weighted by Gasteiger charge is 2.28. The minimum Gasteiger partial charge on any atom is -0.486 e. The van der Waals surface area contributed by atoms with Gasteiger partial charge in [-0.1, -0.05) is 6.07 Å². The summed E-state index contributed by atoms with van der Waals surface area (Å²) in [5.74, 6) is 1.75. The molecule has 1 fully saturated rings. The summed E-state index contributed by atoms with van der Waals surface area (Å²) in [6, 6.07) is 6.81. The van der Waals surface area contributed by atoms with Gasteiger partial charge in [-0.15, -0.1) is 0 Å². The van der Waals surface area contributed by atoms with E-state index in [1.807, 2.05) is 6.07 Å². The molecule has 2 aliphatic heterocycles. The average Bonchev–Trinajstić information content (AvgIpc) is 2.46. The van der Waals surface area contributed by atoms with E-state index in [2.05, 4.69) is 31.3 Å². The minimum atomic E-state index is 0.00686. The van der Waals surface area contributed by atoms with Crippen molar-refractivity contribution in [1.29, 1.82) is 0 Å². The van der Waals surface area contributed by atoms with Gasteiger partial charge in [0.1, 0.15) is 13.2 Å². The van der Waals surface area contributed by atoms with E-state index in [1.165, 1.54) is 5.56 Å². The number of nitrogens with one attached hydrogen (secondary N) is 1. The molecule has 4 heteroatoms. The summed E-state index contributed by atoms with van der Waals surface area (Å²) in [6.07, 6.45) is 3.19. The van der Waals surface area contributed by atoms with Gasteiger partial charge in [0.05, 0.1) is 5.60 Å². The molecule has 0 bridgehead atoms. The van der Waals surface area contributed by atoms with Crippen molar-refractivity contribution in [2.45, 2.75) is 44.8 Å². The predicted octanol–water partition coefficient (Wildman–Crippen LogP) is 2.55. The summed E-state index contributed by atoms with van der Waals surface area (Å²) < 4.78 is 16.9. The molecule has 3 rings (SSSR count). The number of hydrogen-bond donors (Lipinski definition) is 1. The SMILES string of the molecule is CC1(C)CC(NCCc2ccc3c(c2)OCCO3)CCO1. The molecule has 0 spiro atoms. The molecule has 2 aliphatic rings. The van der Waals surface area contributed by atoms with E-state index in [0.717, 1.165) is 43.9 Å². The third-order valence-corrected chi connectivity index (χ3v) is 4.15. The van der Waals surface area contributed by atoms with Gasteiger partial charge in [-0.3, -0.25) is 0 Å². The molecule has 2 heterocycles. The normalized spacial score (nSPS) is 23.8. The largest absolute Gasteiger partial charge is 0.486 e. The Hall–Kier alpha value is -1.26. The fourth-order valence-electron chi connectivity index (χ4n) is 3.07. The van der Waals surface area contributed by atoms with Crippen molar-refractivity contribution in [1.82, 2.24) is 5.32 Å². The summed E-state index contributed by atoms with van der Waals surface area (Å²) in [4.78, 5) is 0. The summed E-state index contributed by atoms with van der Waals surface area (Å²) in [6.45, 7) is 7.47. The molecule has 1 aromatic carbocycles. The Morgan fingerprint density at radius 1 is 1.14 bits per heavy atom. The minimum absolute atomic E-state index is 0.00686. The summed E-state index contributed by atoms with van der Waals surface area (Å²) in [5.41, 5.74) is 1.30. The quantitative estimate of drug-likeness (QED) is 0.925. The maximum absolute atomic E-state index is 5.75. The van der Waals surface area contributed by atoms with Crippen molar-refractivity contribution in [3.05, 3.63) is 23.8 Å². The van der Waals surface area contributed by atoms with Crippen LogP contribution in [0, 0.1) is 0 Å². The highest BCUT2D eigenvalue weighted by molar-refractivity contribution is 5.43. The summed E-state index contributed by atoms with van der Waals surface area (Å²) in [5, 5.41) is 3.65. The van der Waals surface area contributed by atoms with Crippen LogP contribution in [-0.4, -0.2) is 38.0 Å². The molecule has 0 amide bonds. The van der Waals surface area contributed by atoms with Gasteiger partial charge in [-0.05, 0) is 57.4 Å². The van der Waals surface area contributed by atoms with Crippen LogP contribution in [0.1, 0.15) is 32.3 Å². The zero-order chi connectivity index (χ0) is 14.7. The number of ether oxygens (including phenoxy) is 3. The van der Waals surface area contributed by atoms with Gasteiger partial charge in [0.2, 0.25) is 0 Å². The highest BCUT2D eigenvalue weighted by Crippen LogP contribution is 2.30. The number of rotatable bonds is 4. The number of hydrogen-bond acceptors (Lipinski definition) is 4. The van der Waals surface area contributed by atoms with Gasteiger partial charge in [0.15, 0.2) is 11.5 Å². The van der Waals surface area contributed by atoms with Crippen LogP contribution in [0.15, 0.2) is 18.2 Å². The maximum atomic E-state index is 5.75. The molecule has 0 aromatic heterocycles. The van der Waals surface area contributed by atoms with E-state index in [0.29, 0.717) is 19.3 Å². The zero-order valence-electron chi connectivity index (χ0n) is 13.0. The second-order valence-corrected chi connectivity index (χ2v) is 6.48. The lowest BCUT2D eigenvalue weighted by Crippen LogP contribution is -2.44. The van der Waals surface area contributed by atoms with E-state index < -0.39 is 0 Å². The maximum Gasteiger partial charge on any atom is 0.161 e. The first-order valence-electron chi connectivity index (χ1n) is 7.88. The second-order valence-electron chi connectivity index (χ2n) is 6.48. The van der Waals surface area contributed by atoms with Crippen LogP contribution in [0.2, 0.25) is 0 Å². The molecule has 4 nitrogen and oxygen atoms in total. The van der Waals surface area contributed by atoms with Crippen LogP contribution in [0.5, 0.6) is 11.5 Å². The Bertz CT molecular complexity index is 487. The van der Waals surface area contributed by atoms with Crippen molar-refractivity contribution in [3.63, 3.8) is 0 Å². The van der Waals surface area contributed by atoms with Gasteiger partial charge in [-0.2, -0.15) is 0 Å². The van der Waals surface area contributed by atoms with Crippen LogP contribution < -0.4 is 14.8 Å². The lowest BCUT2D eigenvalue weighted by atomic mass is 9.94. The molecule has 1 N–H and O–H groups in total. The van der Waals surface area contributed by atoms with E-state index in [1.54, 1.807) is 0 Å². The Morgan fingerprint density at radius 2 is 1.95 bits per heavy atom.